The molecule has 1 amide bonds. The number of amides is 1. The van der Waals surface area contributed by atoms with E-state index >= 15 is 0 Å². The van der Waals surface area contributed by atoms with Crippen molar-refractivity contribution in [2.75, 3.05) is 39.3 Å². The Labute approximate surface area is 138 Å². The molecule has 2 rings (SSSR count). The van der Waals surface area contributed by atoms with E-state index in [9.17, 15) is 13.2 Å². The fourth-order valence-corrected chi connectivity index (χ4v) is 3.75. The van der Waals surface area contributed by atoms with Crippen LogP contribution in [0.3, 0.4) is 0 Å². The van der Waals surface area contributed by atoms with Crippen LogP contribution in [-0.2, 0) is 10.0 Å². The second-order valence-corrected chi connectivity index (χ2v) is 7.42. The van der Waals surface area contributed by atoms with Gasteiger partial charge in [0.2, 0.25) is 10.0 Å². The van der Waals surface area contributed by atoms with Gasteiger partial charge in [-0.2, -0.15) is 0 Å². The lowest BCUT2D eigenvalue weighted by atomic mass is 10.2. The predicted molar refractivity (Wildman–Crippen MR) is 89.9 cm³/mol. The van der Waals surface area contributed by atoms with Crippen LogP contribution in [-0.4, -0.2) is 63.4 Å². The normalized spacial score (nSPS) is 16.5. The number of benzene rings is 1. The van der Waals surface area contributed by atoms with Gasteiger partial charge in [-0.3, -0.25) is 4.79 Å². The van der Waals surface area contributed by atoms with Crippen molar-refractivity contribution >= 4 is 15.9 Å². The van der Waals surface area contributed by atoms with Crippen LogP contribution in [0.2, 0.25) is 0 Å². The smallest absolute Gasteiger partial charge is 0.253 e. The fraction of sp³-hybridized carbons (Fsp3) is 0.562. The standard InChI is InChI=1S/C16H25N3O3S/c1-3-8-17-23(21,22)15-7-5-6-14(13-15)16(20)19-11-9-18(4-2)10-12-19/h5-7,13,17H,3-4,8-12H2,1-2H3. The minimum absolute atomic E-state index is 0.103. The van der Waals surface area contributed by atoms with E-state index in [-0.39, 0.29) is 10.8 Å². The summed E-state index contributed by atoms with van der Waals surface area (Å²) in [5.74, 6) is -0.103. The lowest BCUT2D eigenvalue weighted by Gasteiger charge is -2.34. The summed E-state index contributed by atoms with van der Waals surface area (Å²) < 4.78 is 26.9. The molecule has 0 atom stereocenters. The summed E-state index contributed by atoms with van der Waals surface area (Å²) in [6.45, 7) is 8.46. The van der Waals surface area contributed by atoms with Crippen LogP contribution in [0, 0.1) is 0 Å². The maximum Gasteiger partial charge on any atom is 0.253 e. The molecule has 0 bridgehead atoms. The molecule has 0 aromatic heterocycles. The van der Waals surface area contributed by atoms with Crippen molar-refractivity contribution < 1.29 is 13.2 Å². The monoisotopic (exact) mass is 339 g/mol. The van der Waals surface area contributed by atoms with E-state index in [1.54, 1.807) is 17.0 Å². The molecule has 0 unspecified atom stereocenters. The van der Waals surface area contributed by atoms with Crippen LogP contribution in [0.5, 0.6) is 0 Å². The van der Waals surface area contributed by atoms with E-state index in [1.807, 2.05) is 6.92 Å². The third-order valence-corrected chi connectivity index (χ3v) is 5.50. The number of nitrogens with zero attached hydrogens (tertiary/aromatic N) is 2. The molecule has 1 fully saturated rings. The van der Waals surface area contributed by atoms with E-state index in [1.165, 1.54) is 12.1 Å². The first-order valence-corrected chi connectivity index (χ1v) is 9.57. The number of carbonyl (C=O) groups is 1. The number of carbonyl (C=O) groups excluding carboxylic acids is 1. The summed E-state index contributed by atoms with van der Waals surface area (Å²) in [6.07, 6.45) is 0.722. The highest BCUT2D eigenvalue weighted by atomic mass is 32.2. The topological polar surface area (TPSA) is 69.7 Å². The largest absolute Gasteiger partial charge is 0.336 e. The Hall–Kier alpha value is -1.44. The average molecular weight is 339 g/mol. The Morgan fingerprint density at radius 2 is 1.87 bits per heavy atom. The van der Waals surface area contributed by atoms with E-state index in [0.29, 0.717) is 25.2 Å². The Balaban J connectivity index is 2.12. The lowest BCUT2D eigenvalue weighted by molar-refractivity contribution is 0.0643. The molecule has 23 heavy (non-hydrogen) atoms. The first-order chi connectivity index (χ1) is 11.0. The van der Waals surface area contributed by atoms with Crippen molar-refractivity contribution in [1.82, 2.24) is 14.5 Å². The molecule has 7 heteroatoms. The minimum atomic E-state index is -3.55. The third-order valence-electron chi connectivity index (χ3n) is 4.04. The molecule has 1 N–H and O–H groups in total. The number of sulfonamides is 1. The molecular formula is C16H25N3O3S. The first kappa shape index (κ1) is 17.9. The summed E-state index contributed by atoms with van der Waals surface area (Å²) in [7, 11) is -3.55. The number of piperazine rings is 1. The Kier molecular flexibility index (Phi) is 6.15. The van der Waals surface area contributed by atoms with Crippen molar-refractivity contribution in [3.63, 3.8) is 0 Å². The molecule has 1 aliphatic heterocycles. The van der Waals surface area contributed by atoms with E-state index in [4.69, 9.17) is 0 Å². The van der Waals surface area contributed by atoms with Gasteiger partial charge >= 0.3 is 0 Å². The van der Waals surface area contributed by atoms with Gasteiger partial charge in [0.05, 0.1) is 4.90 Å². The van der Waals surface area contributed by atoms with Gasteiger partial charge in [0.1, 0.15) is 0 Å². The van der Waals surface area contributed by atoms with Crippen LogP contribution in [0.1, 0.15) is 30.6 Å². The molecule has 1 aliphatic rings. The van der Waals surface area contributed by atoms with Crippen molar-refractivity contribution in [2.24, 2.45) is 0 Å². The maximum absolute atomic E-state index is 12.6. The SMILES string of the molecule is CCCNS(=O)(=O)c1cccc(C(=O)N2CCN(CC)CC2)c1. The van der Waals surface area contributed by atoms with Gasteiger partial charge in [-0.05, 0) is 31.2 Å². The summed E-state index contributed by atoms with van der Waals surface area (Å²) in [5, 5.41) is 0. The van der Waals surface area contributed by atoms with Crippen LogP contribution in [0.25, 0.3) is 0 Å². The Morgan fingerprint density at radius 1 is 1.17 bits per heavy atom. The van der Waals surface area contributed by atoms with E-state index in [0.717, 1.165) is 26.1 Å². The van der Waals surface area contributed by atoms with Gasteiger partial charge in [-0.25, -0.2) is 13.1 Å². The Bertz CT molecular complexity index is 638. The third kappa shape index (κ3) is 4.53. The molecule has 1 aromatic carbocycles. The number of likely N-dealkylation sites (N-methyl/N-ethyl adjacent to an activating group) is 1. The highest BCUT2D eigenvalue weighted by molar-refractivity contribution is 7.89. The van der Waals surface area contributed by atoms with Crippen molar-refractivity contribution in [1.29, 1.82) is 0 Å². The molecule has 0 aliphatic carbocycles. The van der Waals surface area contributed by atoms with E-state index in [2.05, 4.69) is 16.5 Å². The first-order valence-electron chi connectivity index (χ1n) is 8.09. The molecular weight excluding hydrogens is 314 g/mol. The highest BCUT2D eigenvalue weighted by Gasteiger charge is 2.22. The van der Waals surface area contributed by atoms with Crippen LogP contribution in [0.4, 0.5) is 0 Å². The molecule has 0 spiro atoms. The molecule has 0 radical (unpaired) electrons. The zero-order chi connectivity index (χ0) is 16.9. The van der Waals surface area contributed by atoms with Crippen molar-refractivity contribution in [2.45, 2.75) is 25.2 Å². The maximum atomic E-state index is 12.6. The van der Waals surface area contributed by atoms with Crippen LogP contribution < -0.4 is 4.72 Å². The zero-order valence-electron chi connectivity index (χ0n) is 13.8. The predicted octanol–water partition coefficient (Wildman–Crippen LogP) is 1.15. The number of hydrogen-bond donors (Lipinski definition) is 1. The zero-order valence-corrected chi connectivity index (χ0v) is 14.6. The number of nitrogens with one attached hydrogen (secondary N) is 1. The van der Waals surface area contributed by atoms with E-state index < -0.39 is 10.0 Å². The van der Waals surface area contributed by atoms with Crippen LogP contribution >= 0.6 is 0 Å². The summed E-state index contributed by atoms with van der Waals surface area (Å²) in [4.78, 5) is 16.8. The lowest BCUT2D eigenvalue weighted by Crippen LogP contribution is -2.48. The van der Waals surface area contributed by atoms with Gasteiger partial charge in [0.25, 0.3) is 5.91 Å². The molecule has 128 valence electrons. The molecule has 1 heterocycles. The molecule has 1 saturated heterocycles. The molecule has 1 aromatic rings. The number of hydrogen-bond acceptors (Lipinski definition) is 4. The Morgan fingerprint density at radius 3 is 2.48 bits per heavy atom. The quantitative estimate of drug-likeness (QED) is 0.844. The summed E-state index contributed by atoms with van der Waals surface area (Å²) in [6, 6.07) is 6.28. The van der Waals surface area contributed by atoms with Gasteiger partial charge in [-0.15, -0.1) is 0 Å². The average Bonchev–Trinajstić information content (AvgIpc) is 2.59. The molecule has 0 saturated carbocycles. The second-order valence-electron chi connectivity index (χ2n) is 5.65. The highest BCUT2D eigenvalue weighted by Crippen LogP contribution is 2.14. The van der Waals surface area contributed by atoms with Gasteiger partial charge in [0.15, 0.2) is 0 Å². The summed E-state index contributed by atoms with van der Waals surface area (Å²) >= 11 is 0. The van der Waals surface area contributed by atoms with Gasteiger partial charge in [0, 0.05) is 38.3 Å². The minimum Gasteiger partial charge on any atom is -0.336 e. The number of rotatable bonds is 6. The molecule has 6 nitrogen and oxygen atoms in total. The fourth-order valence-electron chi connectivity index (χ4n) is 2.57. The van der Waals surface area contributed by atoms with Crippen LogP contribution in [0.15, 0.2) is 29.2 Å². The van der Waals surface area contributed by atoms with Crippen molar-refractivity contribution in [3.8, 4) is 0 Å². The summed E-state index contributed by atoms with van der Waals surface area (Å²) in [5.41, 5.74) is 0.425. The van der Waals surface area contributed by atoms with Gasteiger partial charge in [-0.1, -0.05) is 19.9 Å². The van der Waals surface area contributed by atoms with Gasteiger partial charge < -0.3 is 9.80 Å². The van der Waals surface area contributed by atoms with Crippen molar-refractivity contribution in [3.05, 3.63) is 29.8 Å². The second kappa shape index (κ2) is 7.90.